The quantitative estimate of drug-likeness (QED) is 0.438. The van der Waals surface area contributed by atoms with Crippen molar-refractivity contribution in [2.24, 2.45) is 0 Å². The van der Waals surface area contributed by atoms with Gasteiger partial charge < -0.3 is 14.8 Å². The Morgan fingerprint density at radius 2 is 1.44 bits per heavy atom. The Kier molecular flexibility index (Phi) is 5.62. The number of anilines is 1. The van der Waals surface area contributed by atoms with Crippen molar-refractivity contribution in [1.82, 2.24) is 0 Å². The number of hydrogen-bond acceptors (Lipinski definition) is 5. The van der Waals surface area contributed by atoms with Gasteiger partial charge in [-0.1, -0.05) is 43.6 Å². The van der Waals surface area contributed by atoms with Crippen LogP contribution in [0, 0.1) is 0 Å². The highest BCUT2D eigenvalue weighted by Gasteiger charge is 2.39. The van der Waals surface area contributed by atoms with Gasteiger partial charge in [0.2, 0.25) is 0 Å². The van der Waals surface area contributed by atoms with Crippen molar-refractivity contribution >= 4 is 33.6 Å². The number of halogens is 1. The van der Waals surface area contributed by atoms with Crippen LogP contribution >= 0.6 is 15.9 Å². The van der Waals surface area contributed by atoms with Crippen molar-refractivity contribution in [2.45, 2.75) is 59.2 Å². The molecule has 1 fully saturated rings. The summed E-state index contributed by atoms with van der Waals surface area (Å²) in [5.74, 6) is -2.10. The lowest BCUT2D eigenvalue weighted by molar-refractivity contribution is -0.222. The van der Waals surface area contributed by atoms with Crippen LogP contribution in [0.5, 0.6) is 0 Å². The normalized spacial score (nSPS) is 16.8. The van der Waals surface area contributed by atoms with E-state index in [0.717, 1.165) is 21.3 Å². The van der Waals surface area contributed by atoms with Gasteiger partial charge in [0.15, 0.2) is 5.57 Å². The van der Waals surface area contributed by atoms with Crippen LogP contribution in [0.3, 0.4) is 0 Å². The number of benzene rings is 1. The Labute approximate surface area is 156 Å². The molecule has 1 aromatic carbocycles. The van der Waals surface area contributed by atoms with Crippen LogP contribution in [0.15, 0.2) is 28.4 Å². The number of carbonyl (C=O) groups excluding carboxylic acids is 2. The van der Waals surface area contributed by atoms with E-state index in [1.807, 2.05) is 12.1 Å². The molecule has 1 aliphatic rings. The molecule has 0 amide bonds. The van der Waals surface area contributed by atoms with Gasteiger partial charge in [-0.15, -0.1) is 0 Å². The minimum atomic E-state index is -1.24. The fraction of sp³-hybridized carbons (Fsp3) is 0.474. The number of esters is 2. The lowest BCUT2D eigenvalue weighted by Crippen LogP contribution is -2.42. The molecule has 1 heterocycles. The first-order valence-electron chi connectivity index (χ1n) is 8.28. The third-order valence-electron chi connectivity index (χ3n) is 3.89. The van der Waals surface area contributed by atoms with Gasteiger partial charge in [-0.05, 0) is 35.1 Å². The first-order valence-corrected chi connectivity index (χ1v) is 9.08. The fourth-order valence-corrected chi connectivity index (χ4v) is 3.14. The SMILES string of the molecule is CC(C)c1cc(Br)cc(C(C)C)c1NC=C1C(=O)OC(C)(C)OC1=O. The average Bonchev–Trinajstić information content (AvgIpc) is 2.45. The summed E-state index contributed by atoms with van der Waals surface area (Å²) in [6.45, 7) is 11.4. The van der Waals surface area contributed by atoms with E-state index in [2.05, 4.69) is 48.9 Å². The molecule has 0 aliphatic carbocycles. The molecule has 6 heteroatoms. The molecular weight excluding hydrogens is 386 g/mol. The lowest BCUT2D eigenvalue weighted by atomic mass is 9.92. The van der Waals surface area contributed by atoms with Crippen molar-refractivity contribution in [3.05, 3.63) is 39.5 Å². The van der Waals surface area contributed by atoms with E-state index in [4.69, 9.17) is 9.47 Å². The topological polar surface area (TPSA) is 64.6 Å². The first kappa shape index (κ1) is 19.5. The number of cyclic esters (lactones) is 2. The van der Waals surface area contributed by atoms with Gasteiger partial charge in [0.1, 0.15) is 0 Å². The molecule has 1 aromatic rings. The van der Waals surface area contributed by atoms with E-state index in [0.29, 0.717) is 0 Å². The summed E-state index contributed by atoms with van der Waals surface area (Å²) in [5, 5.41) is 3.15. The minimum absolute atomic E-state index is 0.147. The maximum Gasteiger partial charge on any atom is 0.350 e. The highest BCUT2D eigenvalue weighted by atomic mass is 79.9. The Morgan fingerprint density at radius 1 is 1.00 bits per heavy atom. The van der Waals surface area contributed by atoms with E-state index in [1.54, 1.807) is 0 Å². The number of ether oxygens (including phenoxy) is 2. The van der Waals surface area contributed by atoms with Gasteiger partial charge in [0.05, 0.1) is 0 Å². The molecule has 5 nitrogen and oxygen atoms in total. The summed E-state index contributed by atoms with van der Waals surface area (Å²) in [6.07, 6.45) is 1.38. The average molecular weight is 410 g/mol. The molecule has 0 radical (unpaired) electrons. The molecule has 1 aliphatic heterocycles. The predicted octanol–water partition coefficient (Wildman–Crippen LogP) is 4.83. The standard InChI is InChI=1S/C19H24BrNO4/c1-10(2)13-7-12(20)8-14(11(3)4)16(13)21-9-15-17(22)24-19(5,6)25-18(15)23/h7-11,21H,1-6H3. The highest BCUT2D eigenvalue weighted by Crippen LogP contribution is 2.36. The van der Waals surface area contributed by atoms with Crippen molar-refractivity contribution in [3.63, 3.8) is 0 Å². The largest absolute Gasteiger partial charge is 0.419 e. The molecule has 0 spiro atoms. The second-order valence-corrected chi connectivity index (χ2v) is 8.07. The first-order chi connectivity index (χ1) is 11.5. The summed E-state index contributed by atoms with van der Waals surface area (Å²) >= 11 is 3.55. The Hall–Kier alpha value is -1.82. The van der Waals surface area contributed by atoms with Crippen LogP contribution in [-0.2, 0) is 19.1 Å². The molecule has 25 heavy (non-hydrogen) atoms. The van der Waals surface area contributed by atoms with Crippen molar-refractivity contribution in [1.29, 1.82) is 0 Å². The molecule has 0 atom stereocenters. The lowest BCUT2D eigenvalue weighted by Gasteiger charge is -2.30. The number of nitrogens with one attached hydrogen (secondary N) is 1. The molecule has 0 unspecified atom stereocenters. The van der Waals surface area contributed by atoms with Gasteiger partial charge in [-0.25, -0.2) is 9.59 Å². The van der Waals surface area contributed by atoms with Gasteiger partial charge in [-0.2, -0.15) is 0 Å². The smallest absolute Gasteiger partial charge is 0.350 e. The third kappa shape index (κ3) is 4.42. The van der Waals surface area contributed by atoms with Crippen LogP contribution < -0.4 is 5.32 Å². The zero-order chi connectivity index (χ0) is 18.9. The van der Waals surface area contributed by atoms with Crippen LogP contribution in [0.25, 0.3) is 0 Å². The molecule has 0 saturated carbocycles. The summed E-state index contributed by atoms with van der Waals surface area (Å²) in [7, 11) is 0. The van der Waals surface area contributed by atoms with E-state index in [-0.39, 0.29) is 17.4 Å². The summed E-state index contributed by atoms with van der Waals surface area (Å²) in [5.41, 5.74) is 2.93. The number of rotatable bonds is 4. The van der Waals surface area contributed by atoms with E-state index >= 15 is 0 Å². The molecule has 2 rings (SSSR count). The third-order valence-corrected chi connectivity index (χ3v) is 4.34. The zero-order valence-corrected chi connectivity index (χ0v) is 17.0. The Morgan fingerprint density at radius 3 is 1.84 bits per heavy atom. The second kappa shape index (κ2) is 7.20. The summed E-state index contributed by atoms with van der Waals surface area (Å²) in [6, 6.07) is 4.08. The van der Waals surface area contributed by atoms with Crippen LogP contribution in [0.2, 0.25) is 0 Å². The summed E-state index contributed by atoms with van der Waals surface area (Å²) < 4.78 is 11.2. The van der Waals surface area contributed by atoms with Crippen LogP contribution in [-0.4, -0.2) is 17.7 Å². The Bertz CT molecular complexity index is 684. The van der Waals surface area contributed by atoms with Crippen LogP contribution in [0.1, 0.15) is 64.5 Å². The number of carbonyl (C=O) groups is 2. The molecule has 136 valence electrons. The maximum absolute atomic E-state index is 12.1. The molecule has 0 bridgehead atoms. The zero-order valence-electron chi connectivity index (χ0n) is 15.4. The molecular formula is C19H24BrNO4. The molecule has 0 aromatic heterocycles. The maximum atomic E-state index is 12.1. The summed E-state index contributed by atoms with van der Waals surface area (Å²) in [4.78, 5) is 24.2. The van der Waals surface area contributed by atoms with E-state index in [1.165, 1.54) is 20.0 Å². The van der Waals surface area contributed by atoms with E-state index < -0.39 is 17.7 Å². The minimum Gasteiger partial charge on any atom is -0.419 e. The van der Waals surface area contributed by atoms with Gasteiger partial charge >= 0.3 is 11.9 Å². The monoisotopic (exact) mass is 409 g/mol. The van der Waals surface area contributed by atoms with Crippen molar-refractivity contribution in [2.75, 3.05) is 5.32 Å². The van der Waals surface area contributed by atoms with Gasteiger partial charge in [0, 0.05) is 30.2 Å². The highest BCUT2D eigenvalue weighted by molar-refractivity contribution is 9.10. The fourth-order valence-electron chi connectivity index (χ4n) is 2.65. The van der Waals surface area contributed by atoms with Crippen LogP contribution in [0.4, 0.5) is 5.69 Å². The Balaban J connectivity index is 2.43. The van der Waals surface area contributed by atoms with E-state index in [9.17, 15) is 9.59 Å². The predicted molar refractivity (Wildman–Crippen MR) is 100 cm³/mol. The van der Waals surface area contributed by atoms with Gasteiger partial charge in [-0.3, -0.25) is 0 Å². The number of hydrogen-bond donors (Lipinski definition) is 1. The van der Waals surface area contributed by atoms with Crippen molar-refractivity contribution < 1.29 is 19.1 Å². The second-order valence-electron chi connectivity index (χ2n) is 7.15. The molecule has 1 N–H and O–H groups in total. The molecule has 1 saturated heterocycles. The van der Waals surface area contributed by atoms with Crippen molar-refractivity contribution in [3.8, 4) is 0 Å². The van der Waals surface area contributed by atoms with Gasteiger partial charge in [0.25, 0.3) is 5.79 Å².